The monoisotopic (exact) mass is 590 g/mol. The molecule has 0 fully saturated rings. The molecule has 2 heterocycles. The largest absolute Gasteiger partial charge is 0.454 e. The Labute approximate surface area is 237 Å². The highest BCUT2D eigenvalue weighted by Gasteiger charge is 2.36. The third kappa shape index (κ3) is 4.58. The quantitative estimate of drug-likeness (QED) is 0.127. The van der Waals surface area contributed by atoms with Crippen LogP contribution in [0.1, 0.15) is 41.4 Å². The van der Waals surface area contributed by atoms with E-state index in [0.717, 1.165) is 9.37 Å². The highest BCUT2D eigenvalue weighted by Crippen LogP contribution is 2.32. The summed E-state index contributed by atoms with van der Waals surface area (Å²) >= 11 is 3.44. The zero-order chi connectivity index (χ0) is 27.8. The van der Waals surface area contributed by atoms with Crippen LogP contribution in [0.15, 0.2) is 108 Å². The summed E-state index contributed by atoms with van der Waals surface area (Å²) in [6.45, 7) is -0.398. The molecule has 40 heavy (non-hydrogen) atoms. The van der Waals surface area contributed by atoms with E-state index in [1.165, 1.54) is 0 Å². The van der Waals surface area contributed by atoms with E-state index in [9.17, 15) is 19.2 Å². The van der Waals surface area contributed by atoms with Crippen LogP contribution in [0.4, 0.5) is 5.69 Å². The second-order valence-corrected chi connectivity index (χ2v) is 10.0. The first-order chi connectivity index (χ1) is 19.4. The fourth-order valence-corrected chi connectivity index (χ4v) is 5.00. The van der Waals surface area contributed by atoms with E-state index in [4.69, 9.17) is 9.72 Å². The van der Waals surface area contributed by atoms with Gasteiger partial charge in [-0.25, -0.2) is 14.7 Å². The zero-order valence-corrected chi connectivity index (χ0v) is 22.4. The number of rotatable bonds is 6. The minimum atomic E-state index is -0.654. The van der Waals surface area contributed by atoms with Crippen LogP contribution in [0.5, 0.6) is 0 Å². The Morgan fingerprint density at radius 3 is 2.10 bits per heavy atom. The molecule has 7 nitrogen and oxygen atoms in total. The third-order valence-corrected chi connectivity index (χ3v) is 7.13. The number of nitrogens with zero attached hydrogens (tertiary/aromatic N) is 2. The molecular weight excluding hydrogens is 572 g/mol. The normalized spacial score (nSPS) is 12.5. The number of Topliss-reactive ketones (excluding diaryl/α,β-unsaturated/α-hetero) is 1. The lowest BCUT2D eigenvalue weighted by molar-refractivity contribution is 0.0476. The Balaban J connectivity index is 1.31. The van der Waals surface area contributed by atoms with Crippen molar-refractivity contribution in [2.75, 3.05) is 11.5 Å². The average Bonchev–Trinajstić information content (AvgIpc) is 3.25. The van der Waals surface area contributed by atoms with Crippen molar-refractivity contribution in [2.24, 2.45) is 0 Å². The van der Waals surface area contributed by atoms with Gasteiger partial charge in [0.2, 0.25) is 0 Å². The van der Waals surface area contributed by atoms with Gasteiger partial charge in [0.1, 0.15) is 0 Å². The van der Waals surface area contributed by atoms with Crippen LogP contribution in [-0.2, 0) is 4.74 Å². The fraction of sp³-hybridized carbons (Fsp3) is 0.0312. The number of carbonyl (C=O) groups is 4. The maximum atomic E-state index is 13.2. The molecule has 0 atom stereocenters. The van der Waals surface area contributed by atoms with Crippen molar-refractivity contribution in [3.63, 3.8) is 0 Å². The topological polar surface area (TPSA) is 93.6 Å². The summed E-state index contributed by atoms with van der Waals surface area (Å²) in [5.74, 6) is -1.72. The van der Waals surface area contributed by atoms with E-state index < -0.39 is 12.6 Å². The zero-order valence-electron chi connectivity index (χ0n) is 20.8. The number of fused-ring (bicyclic) bond motifs is 2. The molecule has 1 aliphatic heterocycles. The summed E-state index contributed by atoms with van der Waals surface area (Å²) in [5, 5.41) is 0.568. The summed E-state index contributed by atoms with van der Waals surface area (Å²) < 4.78 is 6.17. The third-order valence-electron chi connectivity index (χ3n) is 6.64. The van der Waals surface area contributed by atoms with Gasteiger partial charge in [0.15, 0.2) is 12.4 Å². The van der Waals surface area contributed by atoms with Gasteiger partial charge in [-0.2, -0.15) is 0 Å². The van der Waals surface area contributed by atoms with E-state index >= 15 is 0 Å². The SMILES string of the molecule is O=C(COC(=O)c1cc(-c2ccc(N3C(=O)c4ccccc4C3=O)cc2)nc2ccc(Br)cc12)c1ccccc1. The highest BCUT2D eigenvalue weighted by molar-refractivity contribution is 9.10. The molecular formula is C32H19BrN2O5. The molecule has 1 aromatic heterocycles. The Morgan fingerprint density at radius 2 is 1.43 bits per heavy atom. The number of hydrogen-bond donors (Lipinski definition) is 0. The van der Waals surface area contributed by atoms with Crippen molar-refractivity contribution < 1.29 is 23.9 Å². The number of carbonyl (C=O) groups excluding carboxylic acids is 4. The first-order valence-electron chi connectivity index (χ1n) is 12.3. The van der Waals surface area contributed by atoms with Crippen molar-refractivity contribution >= 4 is 56.1 Å². The fourth-order valence-electron chi connectivity index (χ4n) is 4.64. The van der Waals surface area contributed by atoms with Crippen molar-refractivity contribution in [1.29, 1.82) is 0 Å². The van der Waals surface area contributed by atoms with Crippen molar-refractivity contribution in [3.8, 4) is 11.3 Å². The molecule has 0 N–H and O–H groups in total. The van der Waals surface area contributed by atoms with Gasteiger partial charge in [0, 0.05) is 21.0 Å². The Morgan fingerprint density at radius 1 is 0.775 bits per heavy atom. The van der Waals surface area contributed by atoms with Crippen LogP contribution in [0, 0.1) is 0 Å². The van der Waals surface area contributed by atoms with E-state index in [0.29, 0.717) is 44.5 Å². The van der Waals surface area contributed by atoms with Gasteiger partial charge in [0.05, 0.1) is 33.6 Å². The van der Waals surface area contributed by atoms with Gasteiger partial charge in [-0.05, 0) is 48.5 Å². The Bertz CT molecular complexity index is 1800. The number of imide groups is 1. The lowest BCUT2D eigenvalue weighted by atomic mass is 10.0. The maximum Gasteiger partial charge on any atom is 0.339 e. The van der Waals surface area contributed by atoms with Gasteiger partial charge < -0.3 is 4.74 Å². The van der Waals surface area contributed by atoms with Gasteiger partial charge in [-0.15, -0.1) is 0 Å². The molecule has 0 aliphatic carbocycles. The summed E-state index contributed by atoms with van der Waals surface area (Å²) in [5.41, 5.74) is 3.60. The number of amides is 2. The van der Waals surface area contributed by atoms with Gasteiger partial charge in [-0.1, -0.05) is 70.5 Å². The molecule has 1 aliphatic rings. The van der Waals surface area contributed by atoms with Crippen LogP contribution in [0.25, 0.3) is 22.2 Å². The maximum absolute atomic E-state index is 13.2. The van der Waals surface area contributed by atoms with Gasteiger partial charge in [-0.3, -0.25) is 14.4 Å². The van der Waals surface area contributed by atoms with Gasteiger partial charge in [0.25, 0.3) is 11.8 Å². The first kappa shape index (κ1) is 25.3. The lowest BCUT2D eigenvalue weighted by Gasteiger charge is -2.15. The number of anilines is 1. The predicted molar refractivity (Wildman–Crippen MR) is 154 cm³/mol. The number of esters is 1. The minimum Gasteiger partial charge on any atom is -0.454 e. The summed E-state index contributed by atoms with van der Waals surface area (Å²) in [4.78, 5) is 57.3. The van der Waals surface area contributed by atoms with Crippen LogP contribution in [0.2, 0.25) is 0 Å². The van der Waals surface area contributed by atoms with Crippen molar-refractivity contribution in [3.05, 3.63) is 130 Å². The second kappa shape index (κ2) is 10.3. The van der Waals surface area contributed by atoms with Gasteiger partial charge >= 0.3 is 5.97 Å². The molecule has 0 radical (unpaired) electrons. The number of ether oxygens (including phenoxy) is 1. The van der Waals surface area contributed by atoms with Crippen LogP contribution in [0.3, 0.4) is 0 Å². The van der Waals surface area contributed by atoms with E-state index in [-0.39, 0.29) is 23.2 Å². The molecule has 0 unspecified atom stereocenters. The van der Waals surface area contributed by atoms with Crippen LogP contribution < -0.4 is 4.90 Å². The Kier molecular flexibility index (Phi) is 6.53. The summed E-state index contributed by atoms with van der Waals surface area (Å²) in [7, 11) is 0. The molecule has 0 saturated carbocycles. The molecule has 194 valence electrons. The van der Waals surface area contributed by atoms with Crippen LogP contribution >= 0.6 is 15.9 Å². The van der Waals surface area contributed by atoms with Crippen LogP contribution in [-0.4, -0.2) is 35.2 Å². The van der Waals surface area contributed by atoms with Crippen molar-refractivity contribution in [1.82, 2.24) is 4.98 Å². The summed E-state index contributed by atoms with van der Waals surface area (Å²) in [6.07, 6.45) is 0. The number of pyridine rings is 1. The molecule has 0 saturated heterocycles. The molecule has 6 rings (SSSR count). The lowest BCUT2D eigenvalue weighted by Crippen LogP contribution is -2.29. The molecule has 4 aromatic carbocycles. The van der Waals surface area contributed by atoms with E-state index in [2.05, 4.69) is 15.9 Å². The molecule has 0 spiro atoms. The van der Waals surface area contributed by atoms with Crippen molar-refractivity contribution in [2.45, 2.75) is 0 Å². The smallest absolute Gasteiger partial charge is 0.339 e. The predicted octanol–water partition coefficient (Wildman–Crippen LogP) is 6.50. The molecule has 2 amide bonds. The molecule has 8 heteroatoms. The Hall–Kier alpha value is -4.95. The number of hydrogen-bond acceptors (Lipinski definition) is 6. The molecule has 0 bridgehead atoms. The first-order valence-corrected chi connectivity index (χ1v) is 13.1. The second-order valence-electron chi connectivity index (χ2n) is 9.12. The standard InChI is InChI=1S/C32H19BrN2O5/c33-21-12-15-27-25(16-21)26(32(39)40-18-29(36)20-6-2-1-3-7-20)17-28(34-27)19-10-13-22(14-11-19)35-30(37)23-8-4-5-9-24(23)31(35)38/h1-17H,18H2. The van der Waals surface area contributed by atoms with E-state index in [1.54, 1.807) is 97.1 Å². The molecule has 5 aromatic rings. The number of halogens is 1. The minimum absolute atomic E-state index is 0.256. The number of aromatic nitrogens is 1. The summed E-state index contributed by atoms with van der Waals surface area (Å²) in [6, 6.07) is 29.1. The highest BCUT2D eigenvalue weighted by atomic mass is 79.9. The number of ketones is 1. The van der Waals surface area contributed by atoms with E-state index in [1.807, 2.05) is 6.07 Å². The number of benzene rings is 4. The average molecular weight is 591 g/mol.